The van der Waals surface area contributed by atoms with Gasteiger partial charge in [0.05, 0.1) is 19.1 Å². The molecule has 0 fully saturated rings. The maximum atomic E-state index is 11.8. The molecule has 0 aliphatic rings. The van der Waals surface area contributed by atoms with Crippen molar-refractivity contribution in [3.8, 4) is 34.3 Å². The summed E-state index contributed by atoms with van der Waals surface area (Å²) in [5, 5.41) is 28.7. The van der Waals surface area contributed by atoms with E-state index in [-0.39, 0.29) is 32.5 Å². The Hall–Kier alpha value is -4.29. The number of hydrogen-bond donors (Lipinski definition) is 1. The van der Waals surface area contributed by atoms with Crippen LogP contribution in [0.25, 0.3) is 28.9 Å². The number of benzene rings is 2. The second-order valence-corrected chi connectivity index (χ2v) is 8.42. The van der Waals surface area contributed by atoms with Gasteiger partial charge in [-0.15, -0.1) is 10.2 Å². The van der Waals surface area contributed by atoms with Crippen molar-refractivity contribution in [2.24, 2.45) is 0 Å². The molecule has 0 amide bonds. The van der Waals surface area contributed by atoms with Gasteiger partial charge in [0.15, 0.2) is 0 Å². The van der Waals surface area contributed by atoms with Crippen LogP contribution < -0.4 is 9.47 Å². The molecule has 0 saturated heterocycles. The van der Waals surface area contributed by atoms with E-state index >= 15 is 0 Å². The summed E-state index contributed by atoms with van der Waals surface area (Å²) in [5.74, 6) is 0.421. The molecule has 2 aromatic heterocycles. The lowest BCUT2D eigenvalue weighted by Gasteiger charge is -2.05. The molecule has 36 heavy (non-hydrogen) atoms. The molecule has 0 bridgehead atoms. The summed E-state index contributed by atoms with van der Waals surface area (Å²) < 4.78 is 21.8. The lowest BCUT2D eigenvalue weighted by Crippen LogP contribution is -1.96. The standard InChI is InChI=1S/C23H16ClN3O8S/c1-32-15-7-13(8-16(10-15)33-2)21-25-26-23(35-21)36-20(22(28)29)11-14-4-6-19(34-14)12-3-5-17(24)18(9-12)27(30)31/h3-11H,1-2H3,(H,28,29)/b20-11-. The number of furan rings is 1. The van der Waals surface area contributed by atoms with Gasteiger partial charge in [0, 0.05) is 29.3 Å². The fourth-order valence-corrected chi connectivity index (χ4v) is 3.89. The zero-order valence-electron chi connectivity index (χ0n) is 18.6. The Morgan fingerprint density at radius 1 is 1.06 bits per heavy atom. The van der Waals surface area contributed by atoms with Crippen molar-refractivity contribution < 1.29 is 33.1 Å². The van der Waals surface area contributed by atoms with E-state index in [4.69, 9.17) is 29.9 Å². The number of nitrogens with zero attached hydrogens (tertiary/aromatic N) is 3. The molecule has 1 N–H and O–H groups in total. The Kier molecular flexibility index (Phi) is 7.27. The van der Waals surface area contributed by atoms with Gasteiger partial charge in [-0.25, -0.2) is 4.79 Å². The van der Waals surface area contributed by atoms with E-state index in [1.54, 1.807) is 30.3 Å². The van der Waals surface area contributed by atoms with Gasteiger partial charge < -0.3 is 23.4 Å². The Balaban J connectivity index is 1.58. The highest BCUT2D eigenvalue weighted by Crippen LogP contribution is 2.35. The monoisotopic (exact) mass is 529 g/mol. The Bertz CT molecular complexity index is 1460. The molecule has 13 heteroatoms. The third-order valence-corrected chi connectivity index (χ3v) is 5.91. The van der Waals surface area contributed by atoms with E-state index in [0.717, 1.165) is 11.8 Å². The number of halogens is 1. The molecule has 0 spiro atoms. The number of thioether (sulfide) groups is 1. The van der Waals surface area contributed by atoms with Gasteiger partial charge in [-0.1, -0.05) is 11.6 Å². The van der Waals surface area contributed by atoms with Gasteiger partial charge in [-0.3, -0.25) is 10.1 Å². The molecule has 4 rings (SSSR count). The Labute approximate surface area is 212 Å². The summed E-state index contributed by atoms with van der Waals surface area (Å²) in [6, 6.07) is 12.3. The average molecular weight is 530 g/mol. The van der Waals surface area contributed by atoms with Crippen molar-refractivity contribution in [3.63, 3.8) is 0 Å². The molecule has 0 unspecified atom stereocenters. The zero-order valence-corrected chi connectivity index (χ0v) is 20.2. The number of carbonyl (C=O) groups is 1. The number of rotatable bonds is 9. The van der Waals surface area contributed by atoms with Gasteiger partial charge in [-0.05, 0) is 48.2 Å². The first-order valence-corrected chi connectivity index (χ1v) is 11.2. The van der Waals surface area contributed by atoms with Crippen LogP contribution in [0.5, 0.6) is 11.5 Å². The smallest absolute Gasteiger partial charge is 0.342 e. The first-order chi connectivity index (χ1) is 17.3. The molecule has 2 aromatic carbocycles. The lowest BCUT2D eigenvalue weighted by molar-refractivity contribution is -0.384. The van der Waals surface area contributed by atoms with Crippen molar-refractivity contribution in [1.82, 2.24) is 10.2 Å². The minimum absolute atomic E-state index is 0.00805. The van der Waals surface area contributed by atoms with Gasteiger partial charge in [0.25, 0.3) is 10.9 Å². The first-order valence-electron chi connectivity index (χ1n) is 10.0. The zero-order chi connectivity index (χ0) is 25.8. The number of nitro benzene ring substituents is 1. The average Bonchev–Trinajstić information content (AvgIpc) is 3.53. The SMILES string of the molecule is COc1cc(OC)cc(-c2nnc(S/C(=C\c3ccc(-c4ccc(Cl)c([N+](=O)[O-])c4)o3)C(=O)O)o2)c1. The largest absolute Gasteiger partial charge is 0.497 e. The van der Waals surface area contributed by atoms with Gasteiger partial charge >= 0.3 is 5.97 Å². The Morgan fingerprint density at radius 3 is 2.42 bits per heavy atom. The van der Waals surface area contributed by atoms with E-state index < -0.39 is 10.9 Å². The number of nitro groups is 1. The molecule has 2 heterocycles. The minimum atomic E-state index is -1.25. The van der Waals surface area contributed by atoms with E-state index in [0.29, 0.717) is 28.4 Å². The van der Waals surface area contributed by atoms with Crippen LogP contribution in [-0.4, -0.2) is 40.4 Å². The molecule has 4 aromatic rings. The van der Waals surface area contributed by atoms with Crippen LogP contribution in [0.4, 0.5) is 5.69 Å². The second-order valence-electron chi connectivity index (χ2n) is 7.02. The number of aliphatic carboxylic acids is 1. The number of aromatic nitrogens is 2. The van der Waals surface area contributed by atoms with Crippen LogP contribution in [0.1, 0.15) is 5.76 Å². The van der Waals surface area contributed by atoms with Crippen LogP contribution in [0.2, 0.25) is 5.02 Å². The van der Waals surface area contributed by atoms with Crippen LogP contribution >= 0.6 is 23.4 Å². The van der Waals surface area contributed by atoms with Crippen LogP contribution in [0.3, 0.4) is 0 Å². The topological polar surface area (TPSA) is 151 Å². The van der Waals surface area contributed by atoms with Crippen molar-refractivity contribution in [1.29, 1.82) is 0 Å². The number of ether oxygens (including phenoxy) is 2. The molecule has 0 saturated carbocycles. The molecule has 184 valence electrons. The predicted octanol–water partition coefficient (Wildman–Crippen LogP) is 5.79. The molecule has 0 aliphatic heterocycles. The lowest BCUT2D eigenvalue weighted by atomic mass is 10.1. The van der Waals surface area contributed by atoms with Gasteiger partial charge in [0.2, 0.25) is 5.89 Å². The number of carboxylic acids is 1. The van der Waals surface area contributed by atoms with Crippen molar-refractivity contribution in [3.05, 3.63) is 74.3 Å². The molecule has 0 radical (unpaired) electrons. The summed E-state index contributed by atoms with van der Waals surface area (Å²) in [4.78, 5) is 22.2. The predicted molar refractivity (Wildman–Crippen MR) is 130 cm³/mol. The summed E-state index contributed by atoms with van der Waals surface area (Å²) >= 11 is 6.59. The highest BCUT2D eigenvalue weighted by atomic mass is 35.5. The maximum absolute atomic E-state index is 11.8. The van der Waals surface area contributed by atoms with E-state index in [9.17, 15) is 20.0 Å². The number of methoxy groups -OCH3 is 2. The third-order valence-electron chi connectivity index (χ3n) is 4.74. The summed E-state index contributed by atoms with van der Waals surface area (Å²) in [5.41, 5.74) is 0.662. The number of carboxylic acid groups (broad SMARTS) is 1. The first kappa shape index (κ1) is 24.8. The normalized spacial score (nSPS) is 11.4. The van der Waals surface area contributed by atoms with Gasteiger partial charge in [0.1, 0.15) is 32.9 Å². The van der Waals surface area contributed by atoms with Crippen molar-refractivity contribution in [2.45, 2.75) is 5.22 Å². The highest BCUT2D eigenvalue weighted by Gasteiger charge is 2.19. The fourth-order valence-electron chi connectivity index (χ4n) is 3.05. The number of hydrogen-bond acceptors (Lipinski definition) is 10. The Morgan fingerprint density at radius 2 is 1.78 bits per heavy atom. The summed E-state index contributed by atoms with van der Waals surface area (Å²) in [7, 11) is 3.01. The third kappa shape index (κ3) is 5.50. The van der Waals surface area contributed by atoms with Crippen molar-refractivity contribution in [2.75, 3.05) is 14.2 Å². The molecule has 0 atom stereocenters. The quantitative estimate of drug-likeness (QED) is 0.121. The van der Waals surface area contributed by atoms with Gasteiger partial charge in [-0.2, -0.15) is 0 Å². The summed E-state index contributed by atoms with van der Waals surface area (Å²) in [6.45, 7) is 0. The molecule has 11 nitrogen and oxygen atoms in total. The maximum Gasteiger partial charge on any atom is 0.342 e. The van der Waals surface area contributed by atoms with E-state index in [1.165, 1.54) is 38.5 Å². The molecule has 0 aliphatic carbocycles. The van der Waals surface area contributed by atoms with E-state index in [2.05, 4.69) is 10.2 Å². The summed E-state index contributed by atoms with van der Waals surface area (Å²) in [6.07, 6.45) is 1.28. The van der Waals surface area contributed by atoms with Crippen LogP contribution in [0, 0.1) is 10.1 Å². The second kappa shape index (κ2) is 10.5. The molecular weight excluding hydrogens is 514 g/mol. The minimum Gasteiger partial charge on any atom is -0.497 e. The van der Waals surface area contributed by atoms with Crippen LogP contribution in [-0.2, 0) is 4.79 Å². The van der Waals surface area contributed by atoms with Crippen molar-refractivity contribution >= 4 is 41.1 Å². The highest BCUT2D eigenvalue weighted by molar-refractivity contribution is 8.03. The molecular formula is C23H16ClN3O8S. The van der Waals surface area contributed by atoms with Crippen LogP contribution in [0.15, 0.2) is 67.5 Å². The fraction of sp³-hybridized carbons (Fsp3) is 0.0870. The van der Waals surface area contributed by atoms with E-state index in [1.807, 2.05) is 0 Å².